The maximum absolute atomic E-state index is 6.03. The number of allylic oxidation sites excluding steroid dienone is 1. The summed E-state index contributed by atoms with van der Waals surface area (Å²) in [5.74, 6) is 0. The predicted molar refractivity (Wildman–Crippen MR) is 97.5 cm³/mol. The highest BCUT2D eigenvalue weighted by atomic mass is 16.3. The lowest BCUT2D eigenvalue weighted by Crippen LogP contribution is -1.89. The molecule has 0 saturated heterocycles. The molecule has 0 fully saturated rings. The largest absolute Gasteiger partial charge is 0.456 e. The summed E-state index contributed by atoms with van der Waals surface area (Å²) in [5.41, 5.74) is 5.64. The summed E-state index contributed by atoms with van der Waals surface area (Å²) in [5, 5.41) is 2.38. The molecule has 0 aliphatic carbocycles. The molecule has 0 N–H and O–H groups in total. The van der Waals surface area contributed by atoms with E-state index in [0.29, 0.717) is 0 Å². The van der Waals surface area contributed by atoms with Gasteiger partial charge in [-0.3, -0.25) is 0 Å². The van der Waals surface area contributed by atoms with Gasteiger partial charge in [0.05, 0.1) is 0 Å². The summed E-state index contributed by atoms with van der Waals surface area (Å²) in [7, 11) is 0. The van der Waals surface area contributed by atoms with Gasteiger partial charge in [-0.2, -0.15) is 0 Å². The minimum Gasteiger partial charge on any atom is -0.456 e. The highest BCUT2D eigenvalue weighted by Gasteiger charge is 2.14. The molecule has 0 spiro atoms. The summed E-state index contributed by atoms with van der Waals surface area (Å²) in [6, 6.07) is 25.2. The third-order valence-electron chi connectivity index (χ3n) is 4.19. The van der Waals surface area contributed by atoms with E-state index in [-0.39, 0.29) is 0 Å². The van der Waals surface area contributed by atoms with E-state index in [1.807, 2.05) is 18.2 Å². The van der Waals surface area contributed by atoms with E-state index < -0.39 is 0 Å². The van der Waals surface area contributed by atoms with Crippen LogP contribution >= 0.6 is 0 Å². The van der Waals surface area contributed by atoms with Crippen LogP contribution in [0.25, 0.3) is 27.5 Å². The fraction of sp³-hybridized carbons (Fsp3) is 0.0909. The second kappa shape index (κ2) is 5.77. The Hall–Kier alpha value is -2.80. The van der Waals surface area contributed by atoms with Crippen LogP contribution in [0.4, 0.5) is 0 Å². The van der Waals surface area contributed by atoms with Crippen LogP contribution in [0, 0.1) is 0 Å². The van der Waals surface area contributed by atoms with Gasteiger partial charge in [-0.15, -0.1) is 0 Å². The molecule has 3 aromatic carbocycles. The van der Waals surface area contributed by atoms with E-state index in [4.69, 9.17) is 4.42 Å². The lowest BCUT2D eigenvalue weighted by Gasteiger charge is -2.10. The van der Waals surface area contributed by atoms with Crippen molar-refractivity contribution < 1.29 is 4.42 Å². The van der Waals surface area contributed by atoms with E-state index in [1.165, 1.54) is 27.5 Å². The van der Waals surface area contributed by atoms with Gasteiger partial charge in [-0.05, 0) is 35.3 Å². The van der Waals surface area contributed by atoms with Gasteiger partial charge in [0, 0.05) is 10.8 Å². The van der Waals surface area contributed by atoms with Gasteiger partial charge < -0.3 is 4.42 Å². The van der Waals surface area contributed by atoms with Crippen LogP contribution in [0.3, 0.4) is 0 Å². The van der Waals surface area contributed by atoms with Gasteiger partial charge in [0.15, 0.2) is 0 Å². The van der Waals surface area contributed by atoms with Gasteiger partial charge in [0.2, 0.25) is 0 Å². The summed E-state index contributed by atoms with van der Waals surface area (Å²) in [6.07, 6.45) is 3.29. The highest BCUT2D eigenvalue weighted by molar-refractivity contribution is 6.11. The second-order valence-corrected chi connectivity index (χ2v) is 5.67. The molecule has 23 heavy (non-hydrogen) atoms. The van der Waals surface area contributed by atoms with Gasteiger partial charge in [0.1, 0.15) is 11.2 Å². The van der Waals surface area contributed by atoms with Crippen LogP contribution in [0.5, 0.6) is 0 Å². The van der Waals surface area contributed by atoms with Crippen molar-refractivity contribution in [2.75, 3.05) is 0 Å². The van der Waals surface area contributed by atoms with Crippen molar-refractivity contribution in [1.82, 2.24) is 0 Å². The van der Waals surface area contributed by atoms with E-state index >= 15 is 0 Å². The number of hydrogen-bond acceptors (Lipinski definition) is 1. The average Bonchev–Trinajstić information content (AvgIpc) is 2.99. The number of fused-ring (bicyclic) bond motifs is 3. The standard InChI is InChI=1S/C22H18O/c1-2-9-17(16-10-4-3-5-11-16)18-13-8-15-21-22(18)19-12-6-7-14-20(19)23-21/h3-15H,2H2,1H3/b17-9+. The minimum atomic E-state index is 0.943. The molecule has 0 atom stereocenters. The molecule has 0 saturated carbocycles. The van der Waals surface area contributed by atoms with Gasteiger partial charge in [-0.25, -0.2) is 0 Å². The molecule has 1 heteroatoms. The normalized spacial score (nSPS) is 12.1. The van der Waals surface area contributed by atoms with Crippen LogP contribution < -0.4 is 0 Å². The zero-order valence-electron chi connectivity index (χ0n) is 13.1. The Kier molecular flexibility index (Phi) is 3.47. The summed E-state index contributed by atoms with van der Waals surface area (Å²) in [4.78, 5) is 0. The third kappa shape index (κ3) is 2.35. The molecular weight excluding hydrogens is 280 g/mol. The first-order chi connectivity index (χ1) is 11.4. The van der Waals surface area contributed by atoms with Gasteiger partial charge >= 0.3 is 0 Å². The molecule has 4 aromatic rings. The molecule has 1 aromatic heterocycles. The van der Waals surface area contributed by atoms with Crippen molar-refractivity contribution in [1.29, 1.82) is 0 Å². The molecule has 0 amide bonds. The predicted octanol–water partition coefficient (Wildman–Crippen LogP) is 6.43. The maximum atomic E-state index is 6.03. The van der Waals surface area contributed by atoms with E-state index in [9.17, 15) is 0 Å². The topological polar surface area (TPSA) is 13.1 Å². The molecular formula is C22H18O. The number of hydrogen-bond donors (Lipinski definition) is 0. The molecule has 0 unspecified atom stereocenters. The summed E-state index contributed by atoms with van der Waals surface area (Å²) < 4.78 is 6.03. The number of furan rings is 1. The van der Waals surface area contributed by atoms with E-state index in [2.05, 4.69) is 67.6 Å². The van der Waals surface area contributed by atoms with Crippen molar-refractivity contribution >= 4 is 27.5 Å². The third-order valence-corrected chi connectivity index (χ3v) is 4.19. The summed E-state index contributed by atoms with van der Waals surface area (Å²) in [6.45, 7) is 2.18. The van der Waals surface area contributed by atoms with Crippen LogP contribution in [0.1, 0.15) is 24.5 Å². The van der Waals surface area contributed by atoms with Gasteiger partial charge in [-0.1, -0.05) is 73.7 Å². The molecule has 112 valence electrons. The quantitative estimate of drug-likeness (QED) is 0.425. The monoisotopic (exact) mass is 298 g/mol. The van der Waals surface area contributed by atoms with Crippen molar-refractivity contribution in [2.45, 2.75) is 13.3 Å². The molecule has 1 nitrogen and oxygen atoms in total. The molecule has 0 aliphatic rings. The van der Waals surface area contributed by atoms with Crippen LogP contribution in [0.15, 0.2) is 83.3 Å². The number of rotatable bonds is 3. The molecule has 4 rings (SSSR count). The maximum Gasteiger partial charge on any atom is 0.136 e. The fourth-order valence-corrected chi connectivity index (χ4v) is 3.20. The Morgan fingerprint density at radius 1 is 0.826 bits per heavy atom. The SMILES string of the molecule is CC/C=C(\c1ccccc1)c1cccc2oc3ccccc3c12. The number of para-hydroxylation sites is 1. The second-order valence-electron chi connectivity index (χ2n) is 5.67. The Bertz CT molecular complexity index is 990. The molecule has 1 heterocycles. The Morgan fingerprint density at radius 3 is 2.39 bits per heavy atom. The Morgan fingerprint density at radius 2 is 1.57 bits per heavy atom. The first-order valence-electron chi connectivity index (χ1n) is 8.04. The lowest BCUT2D eigenvalue weighted by atomic mass is 9.93. The van der Waals surface area contributed by atoms with Crippen molar-refractivity contribution in [2.24, 2.45) is 0 Å². The molecule has 0 aliphatic heterocycles. The highest BCUT2D eigenvalue weighted by Crippen LogP contribution is 2.36. The van der Waals surface area contributed by atoms with E-state index in [1.54, 1.807) is 0 Å². The average molecular weight is 298 g/mol. The minimum absolute atomic E-state index is 0.943. The van der Waals surface area contributed by atoms with Gasteiger partial charge in [0.25, 0.3) is 0 Å². The first-order valence-corrected chi connectivity index (χ1v) is 8.04. The Labute approximate surface area is 135 Å². The van der Waals surface area contributed by atoms with Crippen molar-refractivity contribution in [3.05, 3.63) is 90.0 Å². The smallest absolute Gasteiger partial charge is 0.136 e. The first kappa shape index (κ1) is 13.8. The van der Waals surface area contributed by atoms with Crippen LogP contribution in [0.2, 0.25) is 0 Å². The van der Waals surface area contributed by atoms with Crippen LogP contribution in [-0.2, 0) is 0 Å². The molecule has 0 bridgehead atoms. The molecule has 0 radical (unpaired) electrons. The van der Waals surface area contributed by atoms with Crippen molar-refractivity contribution in [3.8, 4) is 0 Å². The zero-order chi connectivity index (χ0) is 15.6. The van der Waals surface area contributed by atoms with Crippen LogP contribution in [-0.4, -0.2) is 0 Å². The fourth-order valence-electron chi connectivity index (χ4n) is 3.20. The van der Waals surface area contributed by atoms with Crippen molar-refractivity contribution in [3.63, 3.8) is 0 Å². The summed E-state index contributed by atoms with van der Waals surface area (Å²) >= 11 is 0. The van der Waals surface area contributed by atoms with E-state index in [0.717, 1.165) is 17.6 Å². The lowest BCUT2D eigenvalue weighted by molar-refractivity contribution is 0.669. The number of benzene rings is 3. The zero-order valence-corrected chi connectivity index (χ0v) is 13.1. The Balaban J connectivity index is 2.05.